The first-order valence-electron chi connectivity index (χ1n) is 6.27. The second-order valence-corrected chi connectivity index (χ2v) is 6.44. The standard InChI is InChI=1S/C14H19N3O2S/c1-10-8-12(11(2)17(10)3)9-16-13-4-6-14(7-5-13)20(15,18)19/h4-8,16H,9H2,1-3H3,(H2,15,18,19). The summed E-state index contributed by atoms with van der Waals surface area (Å²) >= 11 is 0. The number of benzene rings is 1. The molecule has 1 heterocycles. The molecule has 0 saturated carbocycles. The molecule has 0 amide bonds. The normalized spacial score (nSPS) is 11.6. The first kappa shape index (κ1) is 14.6. The third-order valence-electron chi connectivity index (χ3n) is 3.55. The monoisotopic (exact) mass is 293 g/mol. The summed E-state index contributed by atoms with van der Waals surface area (Å²) in [6.07, 6.45) is 0. The average Bonchev–Trinajstić information content (AvgIpc) is 2.63. The fourth-order valence-electron chi connectivity index (χ4n) is 2.07. The van der Waals surface area contributed by atoms with E-state index in [1.165, 1.54) is 29.1 Å². The summed E-state index contributed by atoms with van der Waals surface area (Å²) < 4.78 is 24.5. The Bertz CT molecular complexity index is 716. The van der Waals surface area contributed by atoms with Gasteiger partial charge in [-0.2, -0.15) is 0 Å². The van der Waals surface area contributed by atoms with Gasteiger partial charge < -0.3 is 9.88 Å². The van der Waals surface area contributed by atoms with Gasteiger partial charge in [0, 0.05) is 30.7 Å². The predicted octanol–water partition coefficient (Wildman–Crippen LogP) is 1.90. The van der Waals surface area contributed by atoms with Crippen molar-refractivity contribution in [3.63, 3.8) is 0 Å². The van der Waals surface area contributed by atoms with Gasteiger partial charge in [0.15, 0.2) is 0 Å². The van der Waals surface area contributed by atoms with Gasteiger partial charge in [0.25, 0.3) is 0 Å². The highest BCUT2D eigenvalue weighted by atomic mass is 32.2. The number of aryl methyl sites for hydroxylation is 1. The van der Waals surface area contributed by atoms with E-state index in [1.807, 2.05) is 7.05 Å². The molecule has 3 N–H and O–H groups in total. The van der Waals surface area contributed by atoms with Crippen molar-refractivity contribution in [2.24, 2.45) is 12.2 Å². The van der Waals surface area contributed by atoms with E-state index in [-0.39, 0.29) is 4.90 Å². The molecule has 2 aromatic rings. The highest BCUT2D eigenvalue weighted by molar-refractivity contribution is 7.89. The summed E-state index contributed by atoms with van der Waals surface area (Å²) in [6.45, 7) is 4.84. The van der Waals surface area contributed by atoms with Gasteiger partial charge in [-0.1, -0.05) is 0 Å². The third kappa shape index (κ3) is 3.02. The topological polar surface area (TPSA) is 77.1 Å². The zero-order valence-corrected chi connectivity index (χ0v) is 12.7. The molecule has 1 aromatic heterocycles. The van der Waals surface area contributed by atoms with Crippen LogP contribution in [-0.2, 0) is 23.6 Å². The molecule has 0 aliphatic rings. The number of hydrogen-bond acceptors (Lipinski definition) is 3. The van der Waals surface area contributed by atoms with Crippen LogP contribution >= 0.6 is 0 Å². The van der Waals surface area contributed by atoms with E-state index in [2.05, 4.69) is 29.8 Å². The van der Waals surface area contributed by atoms with Crippen LogP contribution in [0.25, 0.3) is 0 Å². The van der Waals surface area contributed by atoms with Crippen LogP contribution in [0.4, 0.5) is 5.69 Å². The number of sulfonamides is 1. The first-order valence-corrected chi connectivity index (χ1v) is 7.82. The maximum Gasteiger partial charge on any atom is 0.238 e. The highest BCUT2D eigenvalue weighted by Gasteiger charge is 2.08. The van der Waals surface area contributed by atoms with Gasteiger partial charge in [0.05, 0.1) is 4.90 Å². The lowest BCUT2D eigenvalue weighted by atomic mass is 10.2. The number of anilines is 1. The summed E-state index contributed by atoms with van der Waals surface area (Å²) in [5.41, 5.74) is 4.51. The van der Waals surface area contributed by atoms with Gasteiger partial charge in [0.1, 0.15) is 0 Å². The Labute approximate surface area is 119 Å². The molecule has 0 radical (unpaired) electrons. The van der Waals surface area contributed by atoms with E-state index in [4.69, 9.17) is 5.14 Å². The van der Waals surface area contributed by atoms with Crippen LogP contribution in [0, 0.1) is 13.8 Å². The van der Waals surface area contributed by atoms with E-state index >= 15 is 0 Å². The minimum absolute atomic E-state index is 0.120. The van der Waals surface area contributed by atoms with E-state index in [0.29, 0.717) is 6.54 Å². The zero-order valence-electron chi connectivity index (χ0n) is 11.8. The summed E-state index contributed by atoms with van der Waals surface area (Å²) in [4.78, 5) is 0.120. The zero-order chi connectivity index (χ0) is 14.9. The minimum Gasteiger partial charge on any atom is -0.381 e. The van der Waals surface area contributed by atoms with Crippen molar-refractivity contribution in [1.29, 1.82) is 0 Å². The fraction of sp³-hybridized carbons (Fsp3) is 0.286. The number of hydrogen-bond donors (Lipinski definition) is 2. The second-order valence-electron chi connectivity index (χ2n) is 4.88. The number of rotatable bonds is 4. The van der Waals surface area contributed by atoms with E-state index < -0.39 is 10.0 Å². The number of aromatic nitrogens is 1. The fourth-order valence-corrected chi connectivity index (χ4v) is 2.59. The molecule has 20 heavy (non-hydrogen) atoms. The van der Waals surface area contributed by atoms with Crippen LogP contribution < -0.4 is 10.5 Å². The molecular weight excluding hydrogens is 274 g/mol. The lowest BCUT2D eigenvalue weighted by Gasteiger charge is -2.07. The maximum absolute atomic E-state index is 11.2. The van der Waals surface area contributed by atoms with Crippen molar-refractivity contribution in [1.82, 2.24) is 4.57 Å². The maximum atomic E-state index is 11.2. The molecule has 6 heteroatoms. The molecule has 1 aromatic carbocycles. The lowest BCUT2D eigenvalue weighted by molar-refractivity contribution is 0.598. The van der Waals surface area contributed by atoms with Gasteiger partial charge in [-0.25, -0.2) is 13.6 Å². The summed E-state index contributed by atoms with van der Waals surface area (Å²) in [5.74, 6) is 0. The molecule has 108 valence electrons. The van der Waals surface area contributed by atoms with Gasteiger partial charge >= 0.3 is 0 Å². The molecular formula is C14H19N3O2S. The predicted molar refractivity (Wildman–Crippen MR) is 80.0 cm³/mol. The molecule has 0 saturated heterocycles. The molecule has 2 rings (SSSR count). The van der Waals surface area contributed by atoms with Crippen molar-refractivity contribution in [2.75, 3.05) is 5.32 Å². The number of nitrogens with one attached hydrogen (secondary N) is 1. The molecule has 0 spiro atoms. The Hall–Kier alpha value is -1.79. The van der Waals surface area contributed by atoms with Crippen LogP contribution in [-0.4, -0.2) is 13.0 Å². The van der Waals surface area contributed by atoms with Crippen LogP contribution in [0.5, 0.6) is 0 Å². The second kappa shape index (κ2) is 5.30. The van der Waals surface area contributed by atoms with Crippen LogP contribution in [0.1, 0.15) is 17.0 Å². The Balaban J connectivity index is 2.10. The van der Waals surface area contributed by atoms with Gasteiger partial charge in [0.2, 0.25) is 10.0 Å². The smallest absolute Gasteiger partial charge is 0.238 e. The number of nitrogens with two attached hydrogens (primary N) is 1. The molecule has 0 aliphatic carbocycles. The molecule has 0 bridgehead atoms. The highest BCUT2D eigenvalue weighted by Crippen LogP contribution is 2.17. The van der Waals surface area contributed by atoms with Crippen LogP contribution in [0.15, 0.2) is 35.2 Å². The molecule has 0 unspecified atom stereocenters. The average molecular weight is 293 g/mol. The minimum atomic E-state index is -3.63. The largest absolute Gasteiger partial charge is 0.381 e. The van der Waals surface area contributed by atoms with E-state index in [9.17, 15) is 8.42 Å². The number of nitrogens with zero attached hydrogens (tertiary/aromatic N) is 1. The first-order chi connectivity index (χ1) is 9.29. The van der Waals surface area contributed by atoms with Crippen molar-refractivity contribution in [3.05, 3.63) is 47.3 Å². The summed E-state index contributed by atoms with van der Waals surface area (Å²) in [5, 5.41) is 8.33. The van der Waals surface area contributed by atoms with Gasteiger partial charge in [-0.3, -0.25) is 0 Å². The molecule has 5 nitrogen and oxygen atoms in total. The van der Waals surface area contributed by atoms with E-state index in [1.54, 1.807) is 12.1 Å². The quantitative estimate of drug-likeness (QED) is 0.904. The molecule has 0 fully saturated rings. The molecule has 0 atom stereocenters. The third-order valence-corrected chi connectivity index (χ3v) is 4.48. The van der Waals surface area contributed by atoms with Crippen molar-refractivity contribution in [2.45, 2.75) is 25.3 Å². The Morgan fingerprint density at radius 1 is 1.20 bits per heavy atom. The van der Waals surface area contributed by atoms with Crippen LogP contribution in [0.3, 0.4) is 0 Å². The van der Waals surface area contributed by atoms with Crippen molar-refractivity contribution >= 4 is 15.7 Å². The SMILES string of the molecule is Cc1cc(CNc2ccc(S(N)(=O)=O)cc2)c(C)n1C. The lowest BCUT2D eigenvalue weighted by Crippen LogP contribution is -2.12. The van der Waals surface area contributed by atoms with Crippen molar-refractivity contribution in [3.8, 4) is 0 Å². The number of primary sulfonamides is 1. The Morgan fingerprint density at radius 3 is 2.25 bits per heavy atom. The Morgan fingerprint density at radius 2 is 1.80 bits per heavy atom. The van der Waals surface area contributed by atoms with Gasteiger partial charge in [-0.15, -0.1) is 0 Å². The van der Waals surface area contributed by atoms with Crippen LogP contribution in [0.2, 0.25) is 0 Å². The van der Waals surface area contributed by atoms with E-state index in [0.717, 1.165) is 5.69 Å². The van der Waals surface area contributed by atoms with Crippen molar-refractivity contribution < 1.29 is 8.42 Å². The molecule has 0 aliphatic heterocycles. The summed E-state index contributed by atoms with van der Waals surface area (Å²) in [7, 11) is -1.59. The summed E-state index contributed by atoms with van der Waals surface area (Å²) in [6, 6.07) is 8.57. The Kier molecular flexibility index (Phi) is 3.87. The van der Waals surface area contributed by atoms with Gasteiger partial charge in [-0.05, 0) is 49.7 Å².